The molecule has 1 fully saturated rings. The molecule has 0 aliphatic carbocycles. The van der Waals surface area contributed by atoms with Crippen LogP contribution >= 0.6 is 0 Å². The molecular formula is C18H21N3O2. The largest absolute Gasteiger partial charge is 0.361 e. The van der Waals surface area contributed by atoms with E-state index in [1.165, 1.54) is 18.4 Å². The van der Waals surface area contributed by atoms with Crippen molar-refractivity contribution in [3.05, 3.63) is 47.3 Å². The predicted molar refractivity (Wildman–Crippen MR) is 87.2 cm³/mol. The fourth-order valence-electron chi connectivity index (χ4n) is 3.73. The first kappa shape index (κ1) is 14.5. The molecule has 0 radical (unpaired) electrons. The molecule has 1 aromatic heterocycles. The number of aryl methyl sites for hydroxylation is 1. The topological polar surface area (TPSA) is 49.6 Å². The predicted octanol–water partition coefficient (Wildman–Crippen LogP) is 2.54. The second kappa shape index (κ2) is 5.81. The molecule has 3 heterocycles. The molecule has 2 aromatic rings. The average molecular weight is 311 g/mol. The van der Waals surface area contributed by atoms with Crippen LogP contribution in [0, 0.1) is 6.92 Å². The molecule has 23 heavy (non-hydrogen) atoms. The van der Waals surface area contributed by atoms with Crippen LogP contribution in [0.3, 0.4) is 0 Å². The minimum atomic E-state index is 0.0968. The molecule has 5 heteroatoms. The molecule has 0 saturated carbocycles. The van der Waals surface area contributed by atoms with Gasteiger partial charge in [0.25, 0.3) is 0 Å². The summed E-state index contributed by atoms with van der Waals surface area (Å²) in [4.78, 5) is 17.4. The molecule has 5 nitrogen and oxygen atoms in total. The third-order valence-corrected chi connectivity index (χ3v) is 4.86. The van der Waals surface area contributed by atoms with Gasteiger partial charge in [-0.15, -0.1) is 0 Å². The lowest BCUT2D eigenvalue weighted by Gasteiger charge is -2.26. The summed E-state index contributed by atoms with van der Waals surface area (Å²) in [6.45, 7) is 4.68. The van der Waals surface area contributed by atoms with E-state index in [1.54, 1.807) is 0 Å². The van der Waals surface area contributed by atoms with E-state index in [0.717, 1.165) is 31.1 Å². The first-order chi connectivity index (χ1) is 11.2. The maximum atomic E-state index is 12.9. The highest BCUT2D eigenvalue weighted by Crippen LogP contribution is 2.31. The fourth-order valence-corrected chi connectivity index (χ4v) is 3.73. The van der Waals surface area contributed by atoms with Crippen molar-refractivity contribution in [1.29, 1.82) is 0 Å². The zero-order chi connectivity index (χ0) is 15.8. The van der Waals surface area contributed by atoms with Crippen LogP contribution < -0.4 is 4.90 Å². The van der Waals surface area contributed by atoms with Crippen LogP contribution in [-0.4, -0.2) is 35.1 Å². The Kier molecular flexibility index (Phi) is 3.65. The number of hydrogen-bond acceptors (Lipinski definition) is 4. The highest BCUT2D eigenvalue weighted by molar-refractivity contribution is 5.95. The number of carbonyl (C=O) groups is 1. The van der Waals surface area contributed by atoms with Gasteiger partial charge in [0, 0.05) is 30.9 Å². The second-order valence-electron chi connectivity index (χ2n) is 6.51. The van der Waals surface area contributed by atoms with Gasteiger partial charge in [-0.25, -0.2) is 0 Å². The van der Waals surface area contributed by atoms with E-state index in [0.29, 0.717) is 18.2 Å². The molecule has 0 N–H and O–H groups in total. The number of nitrogens with zero attached hydrogens (tertiary/aromatic N) is 3. The molecule has 2 aliphatic rings. The first-order valence-corrected chi connectivity index (χ1v) is 8.25. The number of benzene rings is 1. The van der Waals surface area contributed by atoms with Crippen LogP contribution in [0.1, 0.15) is 29.9 Å². The Hall–Kier alpha value is -2.14. The van der Waals surface area contributed by atoms with Gasteiger partial charge in [-0.1, -0.05) is 23.4 Å². The summed E-state index contributed by atoms with van der Waals surface area (Å²) < 4.78 is 5.09. The molecule has 0 bridgehead atoms. The minimum Gasteiger partial charge on any atom is -0.361 e. The maximum absolute atomic E-state index is 12.9. The Labute approximate surface area is 135 Å². The summed E-state index contributed by atoms with van der Waals surface area (Å²) in [6.07, 6.45) is 2.68. The molecule has 0 spiro atoms. The summed E-state index contributed by atoms with van der Waals surface area (Å²) >= 11 is 0. The lowest BCUT2D eigenvalue weighted by molar-refractivity contribution is -0.118. The van der Waals surface area contributed by atoms with Gasteiger partial charge in [-0.05, 0) is 37.9 Å². The van der Waals surface area contributed by atoms with Crippen LogP contribution in [-0.2, 0) is 17.8 Å². The van der Waals surface area contributed by atoms with Gasteiger partial charge < -0.3 is 9.42 Å². The van der Waals surface area contributed by atoms with Gasteiger partial charge in [0.05, 0.1) is 12.1 Å². The Balaban J connectivity index is 1.64. The van der Waals surface area contributed by atoms with Gasteiger partial charge in [0.15, 0.2) is 0 Å². The first-order valence-electron chi connectivity index (χ1n) is 8.25. The van der Waals surface area contributed by atoms with Gasteiger partial charge in [-0.3, -0.25) is 9.69 Å². The van der Waals surface area contributed by atoms with Crippen LogP contribution in [0.5, 0.6) is 0 Å². The third kappa shape index (κ3) is 2.77. The van der Waals surface area contributed by atoms with E-state index >= 15 is 0 Å². The fraction of sp³-hybridized carbons (Fsp3) is 0.444. The number of rotatable bonds is 2. The van der Waals surface area contributed by atoms with Gasteiger partial charge in [0.1, 0.15) is 5.76 Å². The highest BCUT2D eigenvalue weighted by atomic mass is 16.5. The Morgan fingerprint density at radius 1 is 1.39 bits per heavy atom. The van der Waals surface area contributed by atoms with Crippen molar-refractivity contribution < 1.29 is 9.32 Å². The van der Waals surface area contributed by atoms with E-state index in [4.69, 9.17) is 4.52 Å². The standard InChI is InChI=1S/C18H21N3O2/c1-13-9-15(19-23-13)10-18(22)21-12-16-6-4-8-20(16)11-14-5-2-3-7-17(14)21/h2-3,5,7,9,16H,4,6,8,10-12H2,1H3/t16-/m0/s1. The summed E-state index contributed by atoms with van der Waals surface area (Å²) in [7, 11) is 0. The second-order valence-corrected chi connectivity index (χ2v) is 6.51. The summed E-state index contributed by atoms with van der Waals surface area (Å²) in [6, 6.07) is 10.6. The molecule has 2 aliphatic heterocycles. The van der Waals surface area contributed by atoms with E-state index in [-0.39, 0.29) is 5.91 Å². The van der Waals surface area contributed by atoms with Crippen LogP contribution in [0.15, 0.2) is 34.9 Å². The summed E-state index contributed by atoms with van der Waals surface area (Å²) in [5.74, 6) is 0.838. The molecule has 1 amide bonds. The quantitative estimate of drug-likeness (QED) is 0.855. The van der Waals surface area contributed by atoms with Crippen LogP contribution in [0.2, 0.25) is 0 Å². The van der Waals surface area contributed by atoms with Gasteiger partial charge in [0.2, 0.25) is 5.91 Å². The van der Waals surface area contributed by atoms with E-state index in [9.17, 15) is 4.79 Å². The molecule has 4 rings (SSSR count). The van der Waals surface area contributed by atoms with Gasteiger partial charge in [-0.2, -0.15) is 0 Å². The maximum Gasteiger partial charge on any atom is 0.233 e. The molecule has 1 aromatic carbocycles. The van der Waals surface area contributed by atoms with Crippen molar-refractivity contribution >= 4 is 11.6 Å². The van der Waals surface area contributed by atoms with E-state index in [1.807, 2.05) is 24.0 Å². The molecule has 120 valence electrons. The SMILES string of the molecule is Cc1cc(CC(=O)N2C[C@@H]3CCCN3Cc3ccccc32)no1. The number of aromatic nitrogens is 1. The number of fused-ring (bicyclic) bond motifs is 2. The Bertz CT molecular complexity index is 725. The third-order valence-electron chi connectivity index (χ3n) is 4.86. The van der Waals surface area contributed by atoms with Crippen molar-refractivity contribution in [2.24, 2.45) is 0 Å². The number of hydrogen-bond donors (Lipinski definition) is 0. The zero-order valence-electron chi connectivity index (χ0n) is 13.4. The highest BCUT2D eigenvalue weighted by Gasteiger charge is 2.33. The summed E-state index contributed by atoms with van der Waals surface area (Å²) in [5.41, 5.74) is 2.99. The molecular weight excluding hydrogens is 290 g/mol. The Morgan fingerprint density at radius 2 is 2.26 bits per heavy atom. The van der Waals surface area contributed by atoms with Crippen molar-refractivity contribution in [3.63, 3.8) is 0 Å². The Morgan fingerprint density at radius 3 is 3.09 bits per heavy atom. The van der Waals surface area contributed by atoms with E-state index in [2.05, 4.69) is 28.3 Å². The van der Waals surface area contributed by atoms with Crippen molar-refractivity contribution in [3.8, 4) is 0 Å². The summed E-state index contributed by atoms with van der Waals surface area (Å²) in [5, 5.41) is 3.96. The van der Waals surface area contributed by atoms with Crippen molar-refractivity contribution in [1.82, 2.24) is 10.1 Å². The van der Waals surface area contributed by atoms with Crippen LogP contribution in [0.4, 0.5) is 5.69 Å². The monoisotopic (exact) mass is 311 g/mol. The average Bonchev–Trinajstić information content (AvgIpc) is 3.11. The lowest BCUT2D eigenvalue weighted by atomic mass is 10.1. The lowest BCUT2D eigenvalue weighted by Crippen LogP contribution is -2.41. The van der Waals surface area contributed by atoms with E-state index < -0.39 is 0 Å². The number of anilines is 1. The van der Waals surface area contributed by atoms with Crippen molar-refractivity contribution in [2.45, 2.75) is 38.8 Å². The number of para-hydroxylation sites is 1. The smallest absolute Gasteiger partial charge is 0.233 e. The molecule has 1 atom stereocenters. The van der Waals surface area contributed by atoms with Gasteiger partial charge >= 0.3 is 0 Å². The molecule has 1 saturated heterocycles. The minimum absolute atomic E-state index is 0.0968. The number of amides is 1. The van der Waals surface area contributed by atoms with Crippen molar-refractivity contribution in [2.75, 3.05) is 18.0 Å². The normalized spacial score (nSPS) is 20.9. The number of carbonyl (C=O) groups excluding carboxylic acids is 1. The zero-order valence-corrected chi connectivity index (χ0v) is 13.4. The molecule has 0 unspecified atom stereocenters. The van der Waals surface area contributed by atoms with Crippen LogP contribution in [0.25, 0.3) is 0 Å².